The van der Waals surface area contributed by atoms with Gasteiger partial charge in [-0.3, -0.25) is 0 Å². The molecular formula is C15H28N2S2. The molecule has 0 saturated carbocycles. The van der Waals surface area contributed by atoms with Crippen LogP contribution in [0, 0.1) is 19.8 Å². The van der Waals surface area contributed by atoms with Gasteiger partial charge < -0.3 is 5.32 Å². The molecule has 2 nitrogen and oxygen atoms in total. The summed E-state index contributed by atoms with van der Waals surface area (Å²) < 4.78 is 0. The van der Waals surface area contributed by atoms with Crippen LogP contribution in [0.2, 0.25) is 0 Å². The first kappa shape index (κ1) is 17.0. The van der Waals surface area contributed by atoms with Gasteiger partial charge >= 0.3 is 0 Å². The van der Waals surface area contributed by atoms with E-state index in [0.717, 1.165) is 18.9 Å². The smallest absolute Gasteiger partial charge is 0.0946 e. The van der Waals surface area contributed by atoms with Gasteiger partial charge in [0.05, 0.1) is 10.7 Å². The van der Waals surface area contributed by atoms with E-state index in [9.17, 15) is 0 Å². The quantitative estimate of drug-likeness (QED) is 0.744. The minimum absolute atomic E-state index is 0.564. The van der Waals surface area contributed by atoms with Crippen LogP contribution in [0.15, 0.2) is 0 Å². The molecule has 0 amide bonds. The molecule has 1 N–H and O–H groups in total. The Kier molecular flexibility index (Phi) is 8.03. The second-order valence-electron chi connectivity index (χ2n) is 5.54. The third kappa shape index (κ3) is 6.77. The van der Waals surface area contributed by atoms with E-state index < -0.39 is 0 Å². The van der Waals surface area contributed by atoms with Crippen LogP contribution in [0.25, 0.3) is 0 Å². The zero-order chi connectivity index (χ0) is 14.3. The maximum atomic E-state index is 4.67. The fraction of sp³-hybridized carbons (Fsp3) is 0.800. The SMILES string of the molecule is CCCNC(CSCC(C)C)Cc1nc(C)c(C)s1. The first-order chi connectivity index (χ1) is 9.02. The van der Waals surface area contributed by atoms with Gasteiger partial charge in [-0.25, -0.2) is 4.98 Å². The average Bonchev–Trinajstić information content (AvgIpc) is 2.64. The zero-order valence-corrected chi connectivity index (χ0v) is 14.6. The van der Waals surface area contributed by atoms with Crippen LogP contribution in [0.5, 0.6) is 0 Å². The molecule has 0 aliphatic carbocycles. The summed E-state index contributed by atoms with van der Waals surface area (Å²) in [6.45, 7) is 12.2. The van der Waals surface area contributed by atoms with Crippen LogP contribution in [0.1, 0.15) is 42.8 Å². The molecule has 0 radical (unpaired) electrons. The monoisotopic (exact) mass is 300 g/mol. The molecule has 0 saturated heterocycles. The summed E-state index contributed by atoms with van der Waals surface area (Å²) in [5, 5.41) is 4.95. The molecule has 1 unspecified atom stereocenters. The average molecular weight is 301 g/mol. The Hall–Kier alpha value is -0.0600. The minimum atomic E-state index is 0.564. The molecule has 0 aliphatic heterocycles. The van der Waals surface area contributed by atoms with Crippen molar-refractivity contribution in [3.63, 3.8) is 0 Å². The van der Waals surface area contributed by atoms with Crippen molar-refractivity contribution in [3.8, 4) is 0 Å². The Labute approximate surface area is 126 Å². The van der Waals surface area contributed by atoms with E-state index in [1.54, 1.807) is 0 Å². The highest BCUT2D eigenvalue weighted by Gasteiger charge is 2.13. The molecule has 4 heteroatoms. The van der Waals surface area contributed by atoms with Crippen molar-refractivity contribution >= 4 is 23.1 Å². The van der Waals surface area contributed by atoms with Gasteiger partial charge in [0.2, 0.25) is 0 Å². The number of rotatable bonds is 9. The Bertz CT molecular complexity index is 342. The van der Waals surface area contributed by atoms with E-state index >= 15 is 0 Å². The fourth-order valence-electron chi connectivity index (χ4n) is 1.82. The molecule has 19 heavy (non-hydrogen) atoms. The van der Waals surface area contributed by atoms with E-state index in [1.165, 1.54) is 33.5 Å². The Morgan fingerprint density at radius 3 is 2.53 bits per heavy atom. The lowest BCUT2D eigenvalue weighted by Crippen LogP contribution is -2.34. The van der Waals surface area contributed by atoms with Gasteiger partial charge in [0.1, 0.15) is 0 Å². The largest absolute Gasteiger partial charge is 0.313 e. The molecule has 1 atom stereocenters. The minimum Gasteiger partial charge on any atom is -0.313 e. The highest BCUT2D eigenvalue weighted by molar-refractivity contribution is 7.99. The first-order valence-electron chi connectivity index (χ1n) is 7.27. The van der Waals surface area contributed by atoms with Crippen LogP contribution in [0.4, 0.5) is 0 Å². The van der Waals surface area contributed by atoms with E-state index in [-0.39, 0.29) is 0 Å². The van der Waals surface area contributed by atoms with Gasteiger partial charge in [0.15, 0.2) is 0 Å². The van der Waals surface area contributed by atoms with Crippen LogP contribution >= 0.6 is 23.1 Å². The van der Waals surface area contributed by atoms with Crippen molar-refractivity contribution in [3.05, 3.63) is 15.6 Å². The molecule has 0 bridgehead atoms. The number of nitrogens with one attached hydrogen (secondary N) is 1. The van der Waals surface area contributed by atoms with Crippen molar-refractivity contribution < 1.29 is 0 Å². The number of nitrogens with zero attached hydrogens (tertiary/aromatic N) is 1. The van der Waals surface area contributed by atoms with Gasteiger partial charge in [-0.05, 0) is 38.5 Å². The normalized spacial score (nSPS) is 13.2. The van der Waals surface area contributed by atoms with Gasteiger partial charge in [-0.15, -0.1) is 11.3 Å². The van der Waals surface area contributed by atoms with E-state index in [2.05, 4.69) is 56.7 Å². The molecule has 0 spiro atoms. The maximum Gasteiger partial charge on any atom is 0.0946 e. The second-order valence-corrected chi connectivity index (χ2v) is 7.90. The predicted octanol–water partition coefficient (Wildman–Crippen LogP) is 4.06. The molecular weight excluding hydrogens is 272 g/mol. The van der Waals surface area contributed by atoms with E-state index in [0.29, 0.717) is 6.04 Å². The van der Waals surface area contributed by atoms with Gasteiger partial charge in [0.25, 0.3) is 0 Å². The van der Waals surface area contributed by atoms with Gasteiger partial charge in [0, 0.05) is 23.1 Å². The topological polar surface area (TPSA) is 24.9 Å². The van der Waals surface area contributed by atoms with Crippen LogP contribution in [-0.4, -0.2) is 29.1 Å². The van der Waals surface area contributed by atoms with Crippen molar-refractivity contribution in [1.29, 1.82) is 0 Å². The van der Waals surface area contributed by atoms with Gasteiger partial charge in [-0.2, -0.15) is 11.8 Å². The highest BCUT2D eigenvalue weighted by Crippen LogP contribution is 2.19. The van der Waals surface area contributed by atoms with Crippen LogP contribution in [0.3, 0.4) is 0 Å². The number of aromatic nitrogens is 1. The van der Waals surface area contributed by atoms with E-state index in [1.807, 2.05) is 11.3 Å². The summed E-state index contributed by atoms with van der Waals surface area (Å²) in [6.07, 6.45) is 2.27. The number of hydrogen-bond donors (Lipinski definition) is 1. The van der Waals surface area contributed by atoms with Crippen molar-refractivity contribution in [1.82, 2.24) is 10.3 Å². The second kappa shape index (κ2) is 8.98. The molecule has 0 fully saturated rings. The molecule has 1 aromatic heterocycles. The third-order valence-corrected chi connectivity index (χ3v) is 5.58. The molecule has 110 valence electrons. The number of aryl methyl sites for hydroxylation is 2. The predicted molar refractivity (Wildman–Crippen MR) is 89.5 cm³/mol. The number of hydrogen-bond acceptors (Lipinski definition) is 4. The van der Waals surface area contributed by atoms with Crippen molar-refractivity contribution in [2.75, 3.05) is 18.1 Å². The summed E-state index contributed by atoms with van der Waals surface area (Å²) in [5.74, 6) is 3.22. The van der Waals surface area contributed by atoms with Crippen molar-refractivity contribution in [2.24, 2.45) is 5.92 Å². The third-order valence-electron chi connectivity index (χ3n) is 2.95. The molecule has 1 rings (SSSR count). The summed E-state index contributed by atoms with van der Waals surface area (Å²) in [5.41, 5.74) is 1.20. The van der Waals surface area contributed by atoms with Gasteiger partial charge in [-0.1, -0.05) is 20.8 Å². The summed E-state index contributed by atoms with van der Waals surface area (Å²) >= 11 is 3.92. The number of thioether (sulfide) groups is 1. The number of thiazole rings is 1. The molecule has 0 aromatic carbocycles. The molecule has 1 aromatic rings. The fourth-order valence-corrected chi connectivity index (χ4v) is 3.96. The summed E-state index contributed by atoms with van der Waals surface area (Å²) in [6, 6.07) is 0.564. The lowest BCUT2D eigenvalue weighted by Gasteiger charge is -2.17. The van der Waals surface area contributed by atoms with Crippen molar-refractivity contribution in [2.45, 2.75) is 53.5 Å². The van der Waals surface area contributed by atoms with Crippen LogP contribution in [-0.2, 0) is 6.42 Å². The Morgan fingerprint density at radius 2 is 2.00 bits per heavy atom. The maximum absolute atomic E-state index is 4.67. The van der Waals surface area contributed by atoms with Crippen LogP contribution < -0.4 is 5.32 Å². The standard InChI is InChI=1S/C15H28N2S2/c1-6-7-16-14(10-18-9-11(2)3)8-15-17-12(4)13(5)19-15/h11,14,16H,6-10H2,1-5H3. The molecule has 0 aliphatic rings. The summed E-state index contributed by atoms with van der Waals surface area (Å²) in [7, 11) is 0. The summed E-state index contributed by atoms with van der Waals surface area (Å²) in [4.78, 5) is 6.03. The highest BCUT2D eigenvalue weighted by atomic mass is 32.2. The first-order valence-corrected chi connectivity index (χ1v) is 9.24. The lowest BCUT2D eigenvalue weighted by atomic mass is 10.2. The molecule has 1 heterocycles. The zero-order valence-electron chi connectivity index (χ0n) is 13.0. The lowest BCUT2D eigenvalue weighted by molar-refractivity contribution is 0.548. The van der Waals surface area contributed by atoms with E-state index in [4.69, 9.17) is 0 Å². The Morgan fingerprint density at radius 1 is 1.26 bits per heavy atom. The Balaban J connectivity index is 2.48.